The van der Waals surface area contributed by atoms with Crippen LogP contribution in [0.5, 0.6) is 0 Å². The Kier molecular flexibility index (Phi) is 4.49. The van der Waals surface area contributed by atoms with E-state index in [9.17, 15) is 8.42 Å². The van der Waals surface area contributed by atoms with Gasteiger partial charge in [0.2, 0.25) is 0 Å². The summed E-state index contributed by atoms with van der Waals surface area (Å²) in [5.41, 5.74) is 10.1. The average Bonchev–Trinajstić information content (AvgIpc) is 2.41. The second-order valence-corrected chi connectivity index (χ2v) is 7.60. The van der Waals surface area contributed by atoms with Crippen molar-refractivity contribution in [1.29, 1.82) is 0 Å². The predicted molar refractivity (Wildman–Crippen MR) is 86.1 cm³/mol. The summed E-state index contributed by atoms with van der Waals surface area (Å²) in [5.74, 6) is -0.0826. The third-order valence-electron chi connectivity index (χ3n) is 3.58. The minimum atomic E-state index is -3.38. The summed E-state index contributed by atoms with van der Waals surface area (Å²) in [5, 5.41) is 0. The molecule has 0 amide bonds. The molecule has 0 saturated heterocycles. The highest BCUT2D eigenvalue weighted by Gasteiger charge is 2.21. The first-order valence-electron chi connectivity index (χ1n) is 6.92. The molecule has 0 aliphatic rings. The molecule has 0 spiro atoms. The molecule has 21 heavy (non-hydrogen) atoms. The smallest absolute Gasteiger partial charge is 0.180 e. The maximum Gasteiger partial charge on any atom is 0.180 e. The molecule has 0 bridgehead atoms. The van der Waals surface area contributed by atoms with Gasteiger partial charge < -0.3 is 5.73 Å². The molecule has 3 nitrogen and oxygen atoms in total. The largest absolute Gasteiger partial charge is 0.323 e. The van der Waals surface area contributed by atoms with Crippen molar-refractivity contribution in [1.82, 2.24) is 0 Å². The second kappa shape index (κ2) is 6.00. The number of rotatable bonds is 4. The van der Waals surface area contributed by atoms with Crippen molar-refractivity contribution in [3.8, 4) is 0 Å². The molecule has 0 fully saturated rings. The van der Waals surface area contributed by atoms with Gasteiger partial charge in [0.05, 0.1) is 10.6 Å². The van der Waals surface area contributed by atoms with Gasteiger partial charge in [-0.25, -0.2) is 8.42 Å². The molecule has 4 heteroatoms. The second-order valence-electron chi connectivity index (χ2n) is 5.56. The number of aryl methyl sites for hydroxylation is 3. The summed E-state index contributed by atoms with van der Waals surface area (Å²) >= 11 is 0. The predicted octanol–water partition coefficient (Wildman–Crippen LogP) is 3.09. The summed E-state index contributed by atoms with van der Waals surface area (Å²) < 4.78 is 25.0. The van der Waals surface area contributed by atoms with E-state index >= 15 is 0 Å². The van der Waals surface area contributed by atoms with E-state index in [1.807, 2.05) is 45.0 Å². The van der Waals surface area contributed by atoms with Crippen LogP contribution in [0.25, 0.3) is 0 Å². The summed E-state index contributed by atoms with van der Waals surface area (Å²) in [6.45, 7) is 5.81. The van der Waals surface area contributed by atoms with E-state index in [2.05, 4.69) is 0 Å². The van der Waals surface area contributed by atoms with Gasteiger partial charge in [-0.3, -0.25) is 0 Å². The van der Waals surface area contributed by atoms with Crippen LogP contribution < -0.4 is 5.73 Å². The maximum atomic E-state index is 12.5. The van der Waals surface area contributed by atoms with Crippen molar-refractivity contribution in [3.63, 3.8) is 0 Å². The third-order valence-corrected chi connectivity index (χ3v) is 5.35. The lowest BCUT2D eigenvalue weighted by molar-refractivity contribution is 0.588. The van der Waals surface area contributed by atoms with Crippen LogP contribution in [0, 0.1) is 20.8 Å². The lowest BCUT2D eigenvalue weighted by Gasteiger charge is -2.16. The number of benzene rings is 2. The van der Waals surface area contributed by atoms with Gasteiger partial charge >= 0.3 is 0 Å². The van der Waals surface area contributed by atoms with Crippen molar-refractivity contribution in [2.45, 2.75) is 31.7 Å². The van der Waals surface area contributed by atoms with Crippen molar-refractivity contribution in [2.75, 3.05) is 5.75 Å². The molecule has 0 aliphatic heterocycles. The van der Waals surface area contributed by atoms with Crippen molar-refractivity contribution in [2.24, 2.45) is 5.73 Å². The molecular weight excluding hydrogens is 282 g/mol. The monoisotopic (exact) mass is 303 g/mol. The van der Waals surface area contributed by atoms with E-state index in [4.69, 9.17) is 5.73 Å². The third kappa shape index (κ3) is 3.71. The van der Waals surface area contributed by atoms with Crippen molar-refractivity contribution >= 4 is 9.84 Å². The van der Waals surface area contributed by atoms with Crippen LogP contribution >= 0.6 is 0 Å². The van der Waals surface area contributed by atoms with Gasteiger partial charge in [-0.15, -0.1) is 0 Å². The van der Waals surface area contributed by atoms with Gasteiger partial charge in [0.15, 0.2) is 9.84 Å². The van der Waals surface area contributed by atoms with Crippen LogP contribution in [0.3, 0.4) is 0 Å². The zero-order valence-corrected chi connectivity index (χ0v) is 13.4. The molecule has 2 rings (SSSR count). The van der Waals surface area contributed by atoms with Crippen molar-refractivity contribution in [3.05, 3.63) is 64.7 Å². The van der Waals surface area contributed by atoms with E-state index in [1.165, 1.54) is 0 Å². The Morgan fingerprint density at radius 1 is 1.00 bits per heavy atom. The first-order valence-corrected chi connectivity index (χ1v) is 8.57. The van der Waals surface area contributed by atoms with E-state index in [1.54, 1.807) is 18.2 Å². The number of nitrogens with two attached hydrogens (primary N) is 1. The molecular formula is C17H21NO2S. The molecule has 1 unspecified atom stereocenters. The molecule has 2 aromatic carbocycles. The molecule has 0 aliphatic carbocycles. The lowest BCUT2D eigenvalue weighted by atomic mass is 10.0. The number of sulfone groups is 1. The van der Waals surface area contributed by atoms with E-state index in [0.717, 1.165) is 22.3 Å². The van der Waals surface area contributed by atoms with Gasteiger partial charge in [-0.2, -0.15) is 0 Å². The normalized spacial score (nSPS) is 13.1. The van der Waals surface area contributed by atoms with Crippen LogP contribution in [0.4, 0.5) is 0 Å². The van der Waals surface area contributed by atoms with Crippen LogP contribution in [-0.2, 0) is 9.84 Å². The zero-order chi connectivity index (χ0) is 15.6. The standard InChI is InChI=1S/C17H21NO2S/c1-12-5-4-6-15(9-12)21(19,20)11-17(18)16-10-13(2)7-8-14(16)3/h4-10,17H,11,18H2,1-3H3. The van der Waals surface area contributed by atoms with Crippen LogP contribution in [0.2, 0.25) is 0 Å². The quantitative estimate of drug-likeness (QED) is 0.944. The van der Waals surface area contributed by atoms with Gasteiger partial charge in [-0.1, -0.05) is 35.9 Å². The lowest BCUT2D eigenvalue weighted by Crippen LogP contribution is -2.22. The van der Waals surface area contributed by atoms with E-state index in [0.29, 0.717) is 4.90 Å². The summed E-state index contributed by atoms with van der Waals surface area (Å²) in [7, 11) is -3.38. The highest BCUT2D eigenvalue weighted by Crippen LogP contribution is 2.22. The SMILES string of the molecule is Cc1cccc(S(=O)(=O)CC(N)c2cc(C)ccc2C)c1. The fourth-order valence-electron chi connectivity index (χ4n) is 2.39. The topological polar surface area (TPSA) is 60.2 Å². The van der Waals surface area contributed by atoms with Crippen molar-refractivity contribution < 1.29 is 8.42 Å². The summed E-state index contributed by atoms with van der Waals surface area (Å²) in [6.07, 6.45) is 0. The highest BCUT2D eigenvalue weighted by atomic mass is 32.2. The highest BCUT2D eigenvalue weighted by molar-refractivity contribution is 7.91. The Morgan fingerprint density at radius 2 is 1.67 bits per heavy atom. The first kappa shape index (κ1) is 15.7. The average molecular weight is 303 g/mol. The first-order chi connectivity index (χ1) is 9.79. The molecule has 112 valence electrons. The van der Waals surface area contributed by atoms with Gasteiger partial charge in [0.25, 0.3) is 0 Å². The molecule has 1 atom stereocenters. The van der Waals surface area contributed by atoms with Gasteiger partial charge in [0.1, 0.15) is 0 Å². The maximum absolute atomic E-state index is 12.5. The molecule has 2 N–H and O–H groups in total. The van der Waals surface area contributed by atoms with E-state index < -0.39 is 15.9 Å². The molecule has 2 aromatic rings. The molecule has 0 saturated carbocycles. The Labute approximate surface area is 126 Å². The fraction of sp³-hybridized carbons (Fsp3) is 0.294. The van der Waals surface area contributed by atoms with Crippen LogP contribution in [0.1, 0.15) is 28.3 Å². The van der Waals surface area contributed by atoms with E-state index in [-0.39, 0.29) is 5.75 Å². The number of hydrogen-bond acceptors (Lipinski definition) is 3. The minimum absolute atomic E-state index is 0.0826. The molecule has 0 heterocycles. The van der Waals surface area contributed by atoms with Crippen LogP contribution in [-0.4, -0.2) is 14.2 Å². The molecule has 0 radical (unpaired) electrons. The number of hydrogen-bond donors (Lipinski definition) is 1. The zero-order valence-electron chi connectivity index (χ0n) is 12.6. The summed E-state index contributed by atoms with van der Waals surface area (Å²) in [4.78, 5) is 0.336. The Hall–Kier alpha value is -1.65. The summed E-state index contributed by atoms with van der Waals surface area (Å²) in [6, 6.07) is 12.4. The van der Waals surface area contributed by atoms with Crippen LogP contribution in [0.15, 0.2) is 47.4 Å². The Bertz CT molecular complexity index is 751. The fourth-order valence-corrected chi connectivity index (χ4v) is 3.89. The van der Waals surface area contributed by atoms with Gasteiger partial charge in [0, 0.05) is 6.04 Å². The van der Waals surface area contributed by atoms with Gasteiger partial charge in [-0.05, 0) is 49.6 Å². The minimum Gasteiger partial charge on any atom is -0.323 e. The Balaban J connectivity index is 2.30. The molecule has 0 aromatic heterocycles. The Morgan fingerprint density at radius 3 is 2.33 bits per heavy atom.